The largest absolute Gasteiger partial charge is 0.494 e. The SMILES string of the molecule is CCOc1ccc(C(C)NC(=O)CN(c2cccc(Br)c2)S(=O)(=O)c2ccc(C)cc2)cc1. The number of amides is 1. The van der Waals surface area contributed by atoms with E-state index in [1.807, 2.05) is 45.0 Å². The van der Waals surface area contributed by atoms with Gasteiger partial charge in [0.15, 0.2) is 0 Å². The molecule has 0 fully saturated rings. The first kappa shape index (κ1) is 24.8. The lowest BCUT2D eigenvalue weighted by Gasteiger charge is -2.25. The minimum Gasteiger partial charge on any atom is -0.494 e. The van der Waals surface area contributed by atoms with Crippen molar-refractivity contribution in [3.8, 4) is 5.75 Å². The van der Waals surface area contributed by atoms with Crippen molar-refractivity contribution in [2.75, 3.05) is 17.5 Å². The molecule has 0 bridgehead atoms. The van der Waals surface area contributed by atoms with E-state index in [0.29, 0.717) is 16.8 Å². The third-order valence-corrected chi connectivity index (χ3v) is 7.34. The van der Waals surface area contributed by atoms with Crippen molar-refractivity contribution >= 4 is 37.5 Å². The van der Waals surface area contributed by atoms with Crippen LogP contribution in [0.2, 0.25) is 0 Å². The van der Waals surface area contributed by atoms with E-state index >= 15 is 0 Å². The number of nitrogens with zero attached hydrogens (tertiary/aromatic N) is 1. The maximum absolute atomic E-state index is 13.5. The Morgan fingerprint density at radius 1 is 1.06 bits per heavy atom. The smallest absolute Gasteiger partial charge is 0.264 e. The van der Waals surface area contributed by atoms with Gasteiger partial charge in [0.25, 0.3) is 10.0 Å². The van der Waals surface area contributed by atoms with Gasteiger partial charge in [0.1, 0.15) is 12.3 Å². The summed E-state index contributed by atoms with van der Waals surface area (Å²) in [5.41, 5.74) is 2.24. The molecule has 0 spiro atoms. The molecule has 33 heavy (non-hydrogen) atoms. The number of hydrogen-bond acceptors (Lipinski definition) is 4. The first-order valence-electron chi connectivity index (χ1n) is 10.6. The molecule has 8 heteroatoms. The lowest BCUT2D eigenvalue weighted by molar-refractivity contribution is -0.120. The van der Waals surface area contributed by atoms with E-state index in [2.05, 4.69) is 21.2 Å². The fraction of sp³-hybridized carbons (Fsp3) is 0.240. The van der Waals surface area contributed by atoms with Crippen LogP contribution in [-0.2, 0) is 14.8 Å². The van der Waals surface area contributed by atoms with Crippen molar-refractivity contribution in [3.05, 3.63) is 88.4 Å². The molecule has 6 nitrogen and oxygen atoms in total. The molecule has 0 saturated carbocycles. The summed E-state index contributed by atoms with van der Waals surface area (Å²) in [6.07, 6.45) is 0. The zero-order valence-corrected chi connectivity index (χ0v) is 21.2. The summed E-state index contributed by atoms with van der Waals surface area (Å²) in [5, 5.41) is 2.90. The number of anilines is 1. The summed E-state index contributed by atoms with van der Waals surface area (Å²) in [6.45, 7) is 5.88. The van der Waals surface area contributed by atoms with Gasteiger partial charge >= 0.3 is 0 Å². The van der Waals surface area contributed by atoms with Gasteiger partial charge < -0.3 is 10.1 Å². The molecule has 0 saturated heterocycles. The first-order chi connectivity index (χ1) is 15.7. The lowest BCUT2D eigenvalue weighted by atomic mass is 10.1. The fourth-order valence-corrected chi connectivity index (χ4v) is 5.10. The Bertz CT molecular complexity index is 1200. The average molecular weight is 531 g/mol. The Labute approximate surface area is 203 Å². The van der Waals surface area contributed by atoms with E-state index in [4.69, 9.17) is 4.74 Å². The van der Waals surface area contributed by atoms with Crippen LogP contribution in [0.3, 0.4) is 0 Å². The second-order valence-corrected chi connectivity index (χ2v) is 10.4. The van der Waals surface area contributed by atoms with Crippen molar-refractivity contribution in [1.29, 1.82) is 0 Å². The molecule has 1 amide bonds. The van der Waals surface area contributed by atoms with Gasteiger partial charge in [0, 0.05) is 4.47 Å². The van der Waals surface area contributed by atoms with Crippen LogP contribution in [0, 0.1) is 6.92 Å². The van der Waals surface area contributed by atoms with Crippen LogP contribution in [0.4, 0.5) is 5.69 Å². The molecule has 0 aliphatic heterocycles. The van der Waals surface area contributed by atoms with Crippen LogP contribution >= 0.6 is 15.9 Å². The van der Waals surface area contributed by atoms with E-state index < -0.39 is 15.9 Å². The van der Waals surface area contributed by atoms with Crippen LogP contribution < -0.4 is 14.4 Å². The van der Waals surface area contributed by atoms with Gasteiger partial charge in [-0.15, -0.1) is 0 Å². The molecular formula is C25H27BrN2O4S. The van der Waals surface area contributed by atoms with E-state index in [9.17, 15) is 13.2 Å². The van der Waals surface area contributed by atoms with Gasteiger partial charge in [-0.05, 0) is 68.8 Å². The highest BCUT2D eigenvalue weighted by molar-refractivity contribution is 9.10. The van der Waals surface area contributed by atoms with Crippen LogP contribution in [-0.4, -0.2) is 27.5 Å². The van der Waals surface area contributed by atoms with Gasteiger partial charge in [0.05, 0.1) is 23.2 Å². The second kappa shape index (κ2) is 10.9. The highest BCUT2D eigenvalue weighted by atomic mass is 79.9. The molecule has 0 heterocycles. The molecule has 3 aromatic carbocycles. The average Bonchev–Trinajstić information content (AvgIpc) is 2.78. The van der Waals surface area contributed by atoms with Crippen molar-refractivity contribution in [2.45, 2.75) is 31.7 Å². The van der Waals surface area contributed by atoms with Crippen molar-refractivity contribution in [1.82, 2.24) is 5.32 Å². The Kier molecular flexibility index (Phi) is 8.15. The summed E-state index contributed by atoms with van der Waals surface area (Å²) in [4.78, 5) is 13.1. The minimum atomic E-state index is -3.96. The summed E-state index contributed by atoms with van der Waals surface area (Å²) in [7, 11) is -3.96. The Morgan fingerprint density at radius 3 is 2.33 bits per heavy atom. The first-order valence-corrected chi connectivity index (χ1v) is 12.8. The Hall–Kier alpha value is -2.84. The van der Waals surface area contributed by atoms with E-state index in [0.717, 1.165) is 21.2 Å². The van der Waals surface area contributed by atoms with Gasteiger partial charge in [-0.1, -0.05) is 51.8 Å². The molecule has 0 radical (unpaired) electrons. The van der Waals surface area contributed by atoms with E-state index in [-0.39, 0.29) is 17.5 Å². The second-order valence-electron chi connectivity index (χ2n) is 7.60. The van der Waals surface area contributed by atoms with Gasteiger partial charge in [-0.25, -0.2) is 8.42 Å². The number of carbonyl (C=O) groups excluding carboxylic acids is 1. The summed E-state index contributed by atoms with van der Waals surface area (Å²) in [5.74, 6) is 0.344. The number of benzene rings is 3. The van der Waals surface area contributed by atoms with E-state index in [1.54, 1.807) is 48.5 Å². The highest BCUT2D eigenvalue weighted by Crippen LogP contribution is 2.27. The van der Waals surface area contributed by atoms with Crippen LogP contribution in [0.25, 0.3) is 0 Å². The molecule has 1 atom stereocenters. The monoisotopic (exact) mass is 530 g/mol. The Morgan fingerprint density at radius 2 is 1.73 bits per heavy atom. The third kappa shape index (κ3) is 6.36. The molecule has 3 rings (SSSR count). The number of nitrogens with one attached hydrogen (secondary N) is 1. The minimum absolute atomic E-state index is 0.125. The molecule has 0 aliphatic rings. The van der Waals surface area contributed by atoms with Crippen molar-refractivity contribution in [2.24, 2.45) is 0 Å². The zero-order chi connectivity index (χ0) is 24.0. The fourth-order valence-electron chi connectivity index (χ4n) is 3.30. The number of carbonyl (C=O) groups is 1. The van der Waals surface area contributed by atoms with Crippen molar-refractivity contribution < 1.29 is 17.9 Å². The maximum Gasteiger partial charge on any atom is 0.264 e. The highest BCUT2D eigenvalue weighted by Gasteiger charge is 2.28. The third-order valence-electron chi connectivity index (χ3n) is 5.06. The number of halogens is 1. The normalized spacial score (nSPS) is 12.1. The summed E-state index contributed by atoms with van der Waals surface area (Å²) in [6, 6.07) is 20.6. The molecule has 0 aliphatic carbocycles. The van der Waals surface area contributed by atoms with Gasteiger partial charge in [-0.3, -0.25) is 9.10 Å². The molecular weight excluding hydrogens is 504 g/mol. The molecule has 3 aromatic rings. The van der Waals surface area contributed by atoms with Crippen LogP contribution in [0.1, 0.15) is 31.0 Å². The number of rotatable bonds is 9. The number of sulfonamides is 1. The van der Waals surface area contributed by atoms with Crippen molar-refractivity contribution in [3.63, 3.8) is 0 Å². The molecule has 1 unspecified atom stereocenters. The standard InChI is InChI=1S/C25H27BrN2O4S/c1-4-32-23-12-10-20(11-13-23)19(3)27-25(29)17-28(22-7-5-6-21(26)16-22)33(30,31)24-14-8-18(2)9-15-24/h5-16,19H,4,17H2,1-3H3,(H,27,29). The number of ether oxygens (including phenoxy) is 1. The van der Waals surface area contributed by atoms with E-state index in [1.165, 1.54) is 0 Å². The summed E-state index contributed by atoms with van der Waals surface area (Å²) < 4.78 is 34.2. The topological polar surface area (TPSA) is 75.7 Å². The Balaban J connectivity index is 1.84. The number of aryl methyl sites for hydroxylation is 1. The van der Waals surface area contributed by atoms with Gasteiger partial charge in [0.2, 0.25) is 5.91 Å². The zero-order valence-electron chi connectivity index (χ0n) is 18.8. The van der Waals surface area contributed by atoms with Gasteiger partial charge in [-0.2, -0.15) is 0 Å². The van der Waals surface area contributed by atoms with Crippen LogP contribution in [0.15, 0.2) is 82.2 Å². The lowest BCUT2D eigenvalue weighted by Crippen LogP contribution is -2.41. The summed E-state index contributed by atoms with van der Waals surface area (Å²) >= 11 is 3.38. The maximum atomic E-state index is 13.5. The molecule has 1 N–H and O–H groups in total. The quantitative estimate of drug-likeness (QED) is 0.411. The van der Waals surface area contributed by atoms with Crippen LogP contribution in [0.5, 0.6) is 5.75 Å². The predicted octanol–water partition coefficient (Wildman–Crippen LogP) is 5.23. The number of hydrogen-bond donors (Lipinski definition) is 1. The molecule has 174 valence electrons. The predicted molar refractivity (Wildman–Crippen MR) is 134 cm³/mol. The molecule has 0 aromatic heterocycles.